The summed E-state index contributed by atoms with van der Waals surface area (Å²) in [6, 6.07) is 0. The molecule has 0 unspecified atom stereocenters. The molecule has 0 aromatic carbocycles. The summed E-state index contributed by atoms with van der Waals surface area (Å²) < 4.78 is 2.15. The summed E-state index contributed by atoms with van der Waals surface area (Å²) >= 11 is 1.61. The number of amides is 1. The molecule has 0 fully saturated rings. The molecule has 0 aliphatic carbocycles. The zero-order valence-electron chi connectivity index (χ0n) is 3.69. The van der Waals surface area contributed by atoms with Gasteiger partial charge in [-0.25, -0.2) is 0 Å². The summed E-state index contributed by atoms with van der Waals surface area (Å²) in [6.07, 6.45) is 0. The Morgan fingerprint density at radius 1 is 1.57 bits per heavy atom. The van der Waals surface area contributed by atoms with Crippen LogP contribution in [0.3, 0.4) is 0 Å². The number of hydrogen-bond acceptors (Lipinski definition) is 2. The second kappa shape index (κ2) is 2.95. The number of nitrogens with one attached hydrogen (secondary N) is 1. The van der Waals surface area contributed by atoms with Crippen LogP contribution in [0.5, 0.6) is 0 Å². The van der Waals surface area contributed by atoms with Crippen molar-refractivity contribution < 1.29 is 9.59 Å². The Balaban J connectivity index is 3.58. The summed E-state index contributed by atoms with van der Waals surface area (Å²) in [5, 5.41) is 0. The van der Waals surface area contributed by atoms with Crippen molar-refractivity contribution in [3.63, 3.8) is 0 Å². The van der Waals surface area contributed by atoms with E-state index >= 15 is 0 Å². The normalized spacial score (nSPS) is 7.71. The molecule has 0 radical (unpaired) electrons. The van der Waals surface area contributed by atoms with Crippen molar-refractivity contribution in [1.82, 2.24) is 3.53 Å². The van der Waals surface area contributed by atoms with Gasteiger partial charge < -0.3 is 0 Å². The molecule has 40 valence electrons. The second-order valence-corrected chi connectivity index (χ2v) is 1.52. The highest BCUT2D eigenvalue weighted by Gasteiger charge is 2.01. The predicted molar refractivity (Wildman–Crippen MR) is 32.8 cm³/mol. The van der Waals surface area contributed by atoms with Crippen molar-refractivity contribution in [3.8, 4) is 0 Å². The van der Waals surface area contributed by atoms with E-state index in [1.54, 1.807) is 22.9 Å². The van der Waals surface area contributed by atoms with Gasteiger partial charge in [-0.1, -0.05) is 0 Å². The molecule has 7 heavy (non-hydrogen) atoms. The highest BCUT2D eigenvalue weighted by atomic mass is 127. The molecular formula is C3H4INO2. The fraction of sp³-hybridized carbons (Fsp3) is 0.333. The Hall–Kier alpha value is -0.130. The fourth-order valence-electron chi connectivity index (χ4n) is 0.0665. The first-order valence-corrected chi connectivity index (χ1v) is 2.68. The van der Waals surface area contributed by atoms with Crippen molar-refractivity contribution in [1.29, 1.82) is 0 Å². The smallest absolute Gasteiger partial charge is 0.292 e. The molecule has 0 bridgehead atoms. The minimum Gasteiger partial charge on any atom is -0.292 e. The van der Waals surface area contributed by atoms with Gasteiger partial charge in [-0.05, 0) is 0 Å². The van der Waals surface area contributed by atoms with Crippen molar-refractivity contribution in [3.05, 3.63) is 0 Å². The van der Waals surface area contributed by atoms with Gasteiger partial charge in [0.25, 0.3) is 5.91 Å². The van der Waals surface area contributed by atoms with Crippen LogP contribution in [0.25, 0.3) is 0 Å². The maximum absolute atomic E-state index is 10.0. The molecule has 0 aliphatic heterocycles. The fourth-order valence-corrected chi connectivity index (χ4v) is 0.446. The van der Waals surface area contributed by atoms with E-state index in [0.29, 0.717) is 0 Å². The number of halogens is 1. The molecule has 0 aromatic heterocycles. The van der Waals surface area contributed by atoms with Crippen LogP contribution in [0.4, 0.5) is 0 Å². The van der Waals surface area contributed by atoms with Crippen LogP contribution in [-0.4, -0.2) is 11.7 Å². The van der Waals surface area contributed by atoms with Gasteiger partial charge in [-0.15, -0.1) is 0 Å². The average Bonchev–Trinajstić information content (AvgIpc) is 1.65. The number of carbonyl (C=O) groups is 2. The summed E-state index contributed by atoms with van der Waals surface area (Å²) in [5.74, 6) is -1.02. The third-order valence-electron chi connectivity index (χ3n) is 0.406. The minimum atomic E-state index is -0.555. The lowest BCUT2D eigenvalue weighted by Gasteiger charge is -1.84. The topological polar surface area (TPSA) is 46.2 Å². The lowest BCUT2D eigenvalue weighted by Crippen LogP contribution is -2.19. The highest BCUT2D eigenvalue weighted by Crippen LogP contribution is 1.72. The van der Waals surface area contributed by atoms with Crippen LogP contribution in [0.1, 0.15) is 6.92 Å². The lowest BCUT2D eigenvalue weighted by molar-refractivity contribution is -0.135. The predicted octanol–water partition coefficient (Wildman–Crippen LogP) is 0.0416. The van der Waals surface area contributed by atoms with Crippen molar-refractivity contribution in [2.45, 2.75) is 6.92 Å². The first-order chi connectivity index (χ1) is 3.18. The van der Waals surface area contributed by atoms with E-state index in [0.717, 1.165) is 0 Å². The molecule has 0 aromatic rings. The summed E-state index contributed by atoms with van der Waals surface area (Å²) in [7, 11) is 0. The summed E-state index contributed by atoms with van der Waals surface area (Å²) in [5.41, 5.74) is 0. The van der Waals surface area contributed by atoms with Crippen molar-refractivity contribution in [2.75, 3.05) is 0 Å². The molecule has 4 heteroatoms. The van der Waals surface area contributed by atoms with E-state index < -0.39 is 11.7 Å². The Morgan fingerprint density at radius 2 is 2.00 bits per heavy atom. The monoisotopic (exact) mass is 213 g/mol. The first-order valence-electron chi connectivity index (χ1n) is 1.60. The van der Waals surface area contributed by atoms with Gasteiger partial charge in [0, 0.05) is 6.92 Å². The van der Waals surface area contributed by atoms with Gasteiger partial charge in [0.05, 0.1) is 22.9 Å². The standard InChI is InChI=1S/C3H4INO2/c1-2(6)3(7)5-4/h1H3,(H,5,7). The molecule has 0 saturated heterocycles. The Morgan fingerprint density at radius 3 is 2.00 bits per heavy atom. The second-order valence-electron chi connectivity index (χ2n) is 0.980. The molecule has 1 amide bonds. The molecule has 0 atom stereocenters. The molecular weight excluding hydrogens is 209 g/mol. The van der Waals surface area contributed by atoms with E-state index in [4.69, 9.17) is 0 Å². The van der Waals surface area contributed by atoms with E-state index in [2.05, 4.69) is 3.53 Å². The summed E-state index contributed by atoms with van der Waals surface area (Å²) in [6.45, 7) is 1.22. The van der Waals surface area contributed by atoms with Crippen molar-refractivity contribution >= 4 is 34.6 Å². The summed E-state index contributed by atoms with van der Waals surface area (Å²) in [4.78, 5) is 20.0. The van der Waals surface area contributed by atoms with Gasteiger partial charge in [0.1, 0.15) is 0 Å². The molecule has 1 N–H and O–H groups in total. The van der Waals surface area contributed by atoms with Crippen LogP contribution in [-0.2, 0) is 9.59 Å². The molecule has 0 saturated carbocycles. The quantitative estimate of drug-likeness (QED) is 0.379. The van der Waals surface area contributed by atoms with E-state index in [1.165, 1.54) is 6.92 Å². The zero-order valence-corrected chi connectivity index (χ0v) is 5.85. The van der Waals surface area contributed by atoms with Crippen LogP contribution < -0.4 is 3.53 Å². The van der Waals surface area contributed by atoms with Gasteiger partial charge in [0.2, 0.25) is 5.78 Å². The zero-order chi connectivity index (χ0) is 5.86. The first kappa shape index (κ1) is 6.87. The molecule has 3 nitrogen and oxygen atoms in total. The van der Waals surface area contributed by atoms with Crippen molar-refractivity contribution in [2.24, 2.45) is 0 Å². The highest BCUT2D eigenvalue weighted by molar-refractivity contribution is 14.1. The van der Waals surface area contributed by atoms with Gasteiger partial charge in [-0.2, -0.15) is 0 Å². The Bertz CT molecular complexity index is 101. The van der Waals surface area contributed by atoms with Crippen LogP contribution in [0.2, 0.25) is 0 Å². The molecule has 0 spiro atoms. The van der Waals surface area contributed by atoms with E-state index in [1.807, 2.05) is 0 Å². The van der Waals surface area contributed by atoms with Gasteiger partial charge >= 0.3 is 0 Å². The third-order valence-corrected chi connectivity index (χ3v) is 0.895. The van der Waals surface area contributed by atoms with Crippen LogP contribution in [0.15, 0.2) is 0 Å². The SMILES string of the molecule is CC(=O)C(=O)NI. The number of rotatable bonds is 1. The Labute approximate surface area is 55.0 Å². The number of carbonyl (C=O) groups excluding carboxylic acids is 2. The maximum Gasteiger partial charge on any atom is 0.295 e. The van der Waals surface area contributed by atoms with Gasteiger partial charge in [-0.3, -0.25) is 13.1 Å². The largest absolute Gasteiger partial charge is 0.295 e. The van der Waals surface area contributed by atoms with E-state index in [9.17, 15) is 9.59 Å². The minimum absolute atomic E-state index is 0.464. The van der Waals surface area contributed by atoms with E-state index in [-0.39, 0.29) is 0 Å². The average molecular weight is 213 g/mol. The molecule has 0 rings (SSSR count). The maximum atomic E-state index is 10.0. The number of Topliss-reactive ketones (excluding diaryl/α,β-unsaturated/α-hetero) is 1. The van der Waals surface area contributed by atoms with Crippen LogP contribution >= 0.6 is 22.9 Å². The van der Waals surface area contributed by atoms with Crippen LogP contribution in [0, 0.1) is 0 Å². The Kier molecular flexibility index (Phi) is 2.89. The number of hydrogen-bond donors (Lipinski definition) is 1. The molecule has 0 heterocycles. The van der Waals surface area contributed by atoms with Gasteiger partial charge in [0.15, 0.2) is 0 Å². The number of ketones is 1. The molecule has 0 aliphatic rings. The third kappa shape index (κ3) is 2.55. The lowest BCUT2D eigenvalue weighted by atomic mass is 10.4.